The second-order valence-corrected chi connectivity index (χ2v) is 2.98. The van der Waals surface area contributed by atoms with E-state index in [9.17, 15) is 0 Å². The molecule has 21 heteroatoms. The smallest absolute Gasteiger partial charge is 0.0877 e. The van der Waals surface area contributed by atoms with E-state index >= 15 is 0 Å². The van der Waals surface area contributed by atoms with Crippen molar-refractivity contribution in [3.8, 4) is 0 Å². The van der Waals surface area contributed by atoms with Crippen molar-refractivity contribution >= 4 is 0 Å². The molecule has 0 atom stereocenters. The van der Waals surface area contributed by atoms with Gasteiger partial charge in [0.15, 0.2) is 0 Å². The molecule has 0 aromatic carbocycles. The molecule has 0 saturated heterocycles. The quantitative estimate of drug-likeness (QED) is 0.152. The van der Waals surface area contributed by atoms with Crippen molar-refractivity contribution in [3.63, 3.8) is 0 Å². The summed E-state index contributed by atoms with van der Waals surface area (Å²) < 4.78 is 0. The minimum atomic E-state index is 0.190. The molecule has 0 aromatic rings. The van der Waals surface area contributed by atoms with Gasteiger partial charge in [-0.25, -0.2) is 10.1 Å². The van der Waals surface area contributed by atoms with Crippen molar-refractivity contribution in [1.29, 1.82) is 0 Å². The largest absolute Gasteiger partial charge is 0.219 e. The molecule has 25 heavy (non-hydrogen) atoms. The molecule has 0 unspecified atom stereocenters. The Kier molecular flexibility index (Phi) is 20.5. The van der Waals surface area contributed by atoms with Crippen LogP contribution in [0.1, 0.15) is 13.8 Å². The summed E-state index contributed by atoms with van der Waals surface area (Å²) in [5.74, 6) is 0.190. The Labute approximate surface area is 133 Å². The zero-order valence-corrected chi connectivity index (χ0v) is 11.9. The lowest BCUT2D eigenvalue weighted by Crippen LogP contribution is -2.06. The van der Waals surface area contributed by atoms with Gasteiger partial charge in [0.2, 0.25) is 0 Å². The minimum Gasteiger partial charge on any atom is -0.219 e. The molecule has 1 N–H and O–H groups in total. The summed E-state index contributed by atoms with van der Waals surface area (Å²) >= 11 is 0. The Morgan fingerprint density at radius 3 is 1.04 bits per heavy atom. The highest BCUT2D eigenvalue weighted by Crippen LogP contribution is 1.95. The molecule has 0 saturated carbocycles. The average Bonchev–Trinajstić information content (AvgIpc) is 2.60. The van der Waals surface area contributed by atoms with Gasteiger partial charge < -0.3 is 0 Å². The standard InChI is InChI=1S/C4H10O21/c1-4(2)3-6-8-10-12-14-16-18-20-22-24-25-23-21-19-17-15-13-11-9-7-5/h4-5H,3H2,1-2H3. The third-order valence-electron chi connectivity index (χ3n) is 0.952. The summed E-state index contributed by atoms with van der Waals surface area (Å²) in [6, 6.07) is 0. The van der Waals surface area contributed by atoms with Crippen LogP contribution in [0.2, 0.25) is 0 Å². The molecular weight excluding hydrogens is 384 g/mol. The van der Waals surface area contributed by atoms with E-state index in [0.717, 1.165) is 0 Å². The van der Waals surface area contributed by atoms with Gasteiger partial charge in [-0.15, -0.1) is 0 Å². The van der Waals surface area contributed by atoms with Crippen LogP contribution in [0, 0.1) is 5.92 Å². The number of rotatable bonds is 21. The van der Waals surface area contributed by atoms with Crippen molar-refractivity contribution in [3.05, 3.63) is 0 Å². The van der Waals surface area contributed by atoms with Gasteiger partial charge in [-0.1, -0.05) is 13.8 Å². The Bertz CT molecular complexity index is 234. The molecule has 0 rings (SSSR count). The van der Waals surface area contributed by atoms with Crippen molar-refractivity contribution in [2.24, 2.45) is 5.92 Å². The van der Waals surface area contributed by atoms with Crippen LogP contribution in [0.15, 0.2) is 0 Å². The number of hydrogen-bond donors (Lipinski definition) is 1. The highest BCUT2D eigenvalue weighted by atomic mass is 18.0. The lowest BCUT2D eigenvalue weighted by atomic mass is 10.2. The fourth-order valence-corrected chi connectivity index (χ4v) is 0.377. The zero-order chi connectivity index (χ0) is 18.4. The molecular formula is C4H10O21. The fourth-order valence-electron chi connectivity index (χ4n) is 0.377. The molecule has 0 aliphatic carbocycles. The fraction of sp³-hybridized carbons (Fsp3) is 1.00. The van der Waals surface area contributed by atoms with E-state index in [4.69, 9.17) is 5.26 Å². The van der Waals surface area contributed by atoms with Crippen LogP contribution in [0.25, 0.3) is 0 Å². The van der Waals surface area contributed by atoms with E-state index in [-0.39, 0.29) is 12.5 Å². The van der Waals surface area contributed by atoms with Gasteiger partial charge in [-0.05, 0) is 86.5 Å². The maximum Gasteiger partial charge on any atom is 0.0877 e. The van der Waals surface area contributed by atoms with E-state index in [1.54, 1.807) is 0 Å². The Morgan fingerprint density at radius 1 is 0.480 bits per heavy atom. The van der Waals surface area contributed by atoms with Gasteiger partial charge in [0, 0.05) is 15.1 Å². The molecule has 0 amide bonds. The van der Waals surface area contributed by atoms with Crippen molar-refractivity contribution < 1.29 is 106 Å². The van der Waals surface area contributed by atoms with Crippen molar-refractivity contribution in [2.45, 2.75) is 13.8 Å². The molecule has 0 spiro atoms. The van der Waals surface area contributed by atoms with Gasteiger partial charge in [-0.3, -0.25) is 0 Å². The van der Waals surface area contributed by atoms with E-state index in [2.05, 4.69) is 101 Å². The first-order valence-electron chi connectivity index (χ1n) is 5.20. The van der Waals surface area contributed by atoms with E-state index in [1.807, 2.05) is 13.8 Å². The summed E-state index contributed by atoms with van der Waals surface area (Å²) in [6.07, 6.45) is 0. The Morgan fingerprint density at radius 2 is 0.760 bits per heavy atom. The maximum atomic E-state index is 7.53. The number of hydrogen-bond acceptors (Lipinski definition) is 21. The molecule has 0 aromatic heterocycles. The van der Waals surface area contributed by atoms with Crippen LogP contribution >= 0.6 is 0 Å². The second-order valence-electron chi connectivity index (χ2n) is 2.98. The predicted molar refractivity (Wildman–Crippen MR) is 44.0 cm³/mol. The van der Waals surface area contributed by atoms with Gasteiger partial charge in [-0.2, -0.15) is 0 Å². The summed E-state index contributed by atoms with van der Waals surface area (Å²) in [4.78, 5) is 4.42. The lowest BCUT2D eigenvalue weighted by Gasteiger charge is -2.02. The first-order chi connectivity index (χ1) is 12.3. The summed E-state index contributed by atoms with van der Waals surface area (Å²) in [5, 5.41) is 74.3. The van der Waals surface area contributed by atoms with Crippen molar-refractivity contribution in [2.75, 3.05) is 6.61 Å². The van der Waals surface area contributed by atoms with Crippen LogP contribution in [-0.4, -0.2) is 11.9 Å². The van der Waals surface area contributed by atoms with Crippen LogP contribution in [-0.2, 0) is 101 Å². The molecule has 0 fully saturated rings. The lowest BCUT2D eigenvalue weighted by molar-refractivity contribution is -0.895. The van der Waals surface area contributed by atoms with Crippen LogP contribution in [0.3, 0.4) is 0 Å². The third kappa shape index (κ3) is 23.2. The highest BCUT2D eigenvalue weighted by molar-refractivity contribution is 4.34. The molecule has 0 radical (unpaired) electrons. The first-order valence-corrected chi connectivity index (χ1v) is 5.20. The summed E-state index contributed by atoms with van der Waals surface area (Å²) in [5.41, 5.74) is 0. The van der Waals surface area contributed by atoms with Crippen LogP contribution in [0.5, 0.6) is 0 Å². The maximum absolute atomic E-state index is 7.53. The highest BCUT2D eigenvalue weighted by Gasteiger charge is 2.00. The zero-order valence-electron chi connectivity index (χ0n) is 11.9. The summed E-state index contributed by atoms with van der Waals surface area (Å²) in [6.45, 7) is 3.93. The first kappa shape index (κ1) is 24.2. The topological polar surface area (TPSA) is 205 Å². The Balaban J connectivity index is 2.96. The van der Waals surface area contributed by atoms with Gasteiger partial charge in [0.25, 0.3) is 0 Å². The van der Waals surface area contributed by atoms with Crippen molar-refractivity contribution in [1.82, 2.24) is 0 Å². The third-order valence-corrected chi connectivity index (χ3v) is 0.952. The van der Waals surface area contributed by atoms with Gasteiger partial charge >= 0.3 is 0 Å². The van der Waals surface area contributed by atoms with Crippen LogP contribution in [0.4, 0.5) is 0 Å². The van der Waals surface area contributed by atoms with Gasteiger partial charge in [0.05, 0.1) is 6.61 Å². The molecule has 0 aliphatic heterocycles. The normalized spacial score (nSPS) is 11.5. The van der Waals surface area contributed by atoms with E-state index < -0.39 is 0 Å². The molecule has 21 nitrogen and oxygen atoms in total. The second kappa shape index (κ2) is 21.2. The molecule has 152 valence electrons. The SMILES string of the molecule is CC(C)COOOOOOOOOOOOOOOOOOOOO. The summed E-state index contributed by atoms with van der Waals surface area (Å²) in [7, 11) is 0. The minimum absolute atomic E-state index is 0.190. The van der Waals surface area contributed by atoms with Crippen LogP contribution < -0.4 is 0 Å². The Hall–Kier alpha value is -0.840. The monoisotopic (exact) mass is 394 g/mol. The van der Waals surface area contributed by atoms with E-state index in [0.29, 0.717) is 0 Å². The molecule has 0 heterocycles. The molecule has 0 bridgehead atoms. The van der Waals surface area contributed by atoms with Gasteiger partial charge in [0.1, 0.15) is 0 Å². The predicted octanol–water partition coefficient (Wildman–Crippen LogP) is -0.168. The molecule has 0 aliphatic rings. The van der Waals surface area contributed by atoms with E-state index in [1.165, 1.54) is 0 Å². The average molecular weight is 394 g/mol.